The lowest BCUT2D eigenvalue weighted by molar-refractivity contribution is 0.427. The predicted octanol–water partition coefficient (Wildman–Crippen LogP) is 1.00. The first-order valence-corrected chi connectivity index (χ1v) is 8.38. The maximum Gasteiger partial charge on any atom is 0.191 e. The molecule has 6 heteroatoms. The Balaban J connectivity index is 2.66. The zero-order chi connectivity index (χ0) is 13.8. The van der Waals surface area contributed by atoms with Gasteiger partial charge in [0.05, 0.1) is 11.3 Å². The smallest absolute Gasteiger partial charge is 0.191 e. The fraction of sp³-hybridized carbons (Fsp3) is 0.917. The van der Waals surface area contributed by atoms with Crippen molar-refractivity contribution in [2.45, 2.75) is 44.3 Å². The molecule has 0 aromatic carbocycles. The second kappa shape index (κ2) is 5.91. The van der Waals surface area contributed by atoms with Gasteiger partial charge in [-0.3, -0.25) is 4.99 Å². The molecule has 0 saturated carbocycles. The summed E-state index contributed by atoms with van der Waals surface area (Å²) < 4.78 is 22.3. The van der Waals surface area contributed by atoms with Crippen LogP contribution in [0, 0.1) is 0 Å². The van der Waals surface area contributed by atoms with E-state index in [-0.39, 0.29) is 6.54 Å². The second-order valence-electron chi connectivity index (χ2n) is 5.61. The number of hydrogen-bond donors (Lipinski definition) is 1. The Morgan fingerprint density at radius 2 is 1.72 bits per heavy atom. The number of nitrogens with two attached hydrogens (primary N) is 1. The Morgan fingerprint density at radius 1 is 1.22 bits per heavy atom. The summed E-state index contributed by atoms with van der Waals surface area (Å²) in [5.41, 5.74) is 5.95. The van der Waals surface area contributed by atoms with Crippen LogP contribution in [0.1, 0.15) is 39.5 Å². The number of sulfone groups is 1. The molecular formula is C12H25N3O2S. The standard InChI is InChI=1S/C12H25N3O2S/c1-12(2,18(3,16)17)10-14-11(13)15-8-6-4-5-7-9-15/h4-10H2,1-3H3,(H2,13,14). The van der Waals surface area contributed by atoms with Crippen molar-refractivity contribution in [1.82, 2.24) is 4.90 Å². The SMILES string of the molecule is CC(C)(CN=C(N)N1CCCCCC1)S(C)(=O)=O. The average molecular weight is 275 g/mol. The molecule has 2 N–H and O–H groups in total. The molecule has 1 saturated heterocycles. The fourth-order valence-corrected chi connectivity index (χ4v) is 2.09. The minimum atomic E-state index is -3.12. The van der Waals surface area contributed by atoms with Crippen molar-refractivity contribution in [3.63, 3.8) is 0 Å². The molecule has 18 heavy (non-hydrogen) atoms. The van der Waals surface area contributed by atoms with Crippen molar-refractivity contribution in [2.75, 3.05) is 25.9 Å². The highest BCUT2D eigenvalue weighted by atomic mass is 32.2. The number of rotatable bonds is 3. The van der Waals surface area contributed by atoms with Gasteiger partial charge in [-0.15, -0.1) is 0 Å². The Kier molecular flexibility index (Phi) is 5.01. The minimum Gasteiger partial charge on any atom is -0.370 e. The van der Waals surface area contributed by atoms with Crippen LogP contribution in [0.3, 0.4) is 0 Å². The Morgan fingerprint density at radius 3 is 2.17 bits per heavy atom. The third-order valence-corrected chi connectivity index (χ3v) is 5.69. The molecule has 0 bridgehead atoms. The number of guanidine groups is 1. The van der Waals surface area contributed by atoms with Gasteiger partial charge in [-0.05, 0) is 26.7 Å². The van der Waals surface area contributed by atoms with Crippen LogP contribution in [0.2, 0.25) is 0 Å². The van der Waals surface area contributed by atoms with Gasteiger partial charge in [-0.1, -0.05) is 12.8 Å². The Hall–Kier alpha value is -0.780. The van der Waals surface area contributed by atoms with Gasteiger partial charge in [0.1, 0.15) is 0 Å². The number of hydrogen-bond acceptors (Lipinski definition) is 3. The molecule has 106 valence electrons. The van der Waals surface area contributed by atoms with E-state index in [4.69, 9.17) is 5.73 Å². The average Bonchev–Trinajstić information content (AvgIpc) is 2.52. The molecule has 5 nitrogen and oxygen atoms in total. The lowest BCUT2D eigenvalue weighted by Gasteiger charge is -2.24. The molecule has 0 aliphatic carbocycles. The summed E-state index contributed by atoms with van der Waals surface area (Å²) in [5.74, 6) is 0.480. The summed E-state index contributed by atoms with van der Waals surface area (Å²) in [6, 6.07) is 0. The van der Waals surface area contributed by atoms with Crippen LogP contribution >= 0.6 is 0 Å². The highest BCUT2D eigenvalue weighted by Gasteiger charge is 2.30. The van der Waals surface area contributed by atoms with E-state index in [0.717, 1.165) is 25.9 Å². The number of aliphatic imine (C=N–C) groups is 1. The number of nitrogens with zero attached hydrogens (tertiary/aromatic N) is 2. The molecule has 1 rings (SSSR count). The molecule has 1 heterocycles. The molecule has 0 atom stereocenters. The fourth-order valence-electron chi connectivity index (χ4n) is 1.79. The van der Waals surface area contributed by atoms with Crippen LogP contribution < -0.4 is 5.73 Å². The van der Waals surface area contributed by atoms with Crippen molar-refractivity contribution in [2.24, 2.45) is 10.7 Å². The van der Waals surface area contributed by atoms with E-state index in [0.29, 0.717) is 5.96 Å². The van der Waals surface area contributed by atoms with E-state index in [1.165, 1.54) is 19.1 Å². The van der Waals surface area contributed by atoms with E-state index in [1.54, 1.807) is 13.8 Å². The number of likely N-dealkylation sites (tertiary alicyclic amines) is 1. The van der Waals surface area contributed by atoms with Crippen molar-refractivity contribution in [1.29, 1.82) is 0 Å². The van der Waals surface area contributed by atoms with Crippen LogP contribution in [-0.4, -0.2) is 49.9 Å². The third-order valence-electron chi connectivity index (χ3n) is 3.56. The van der Waals surface area contributed by atoms with Gasteiger partial charge in [0.15, 0.2) is 15.8 Å². The minimum absolute atomic E-state index is 0.216. The van der Waals surface area contributed by atoms with Gasteiger partial charge in [0.2, 0.25) is 0 Å². The Bertz CT molecular complexity index is 394. The predicted molar refractivity (Wildman–Crippen MR) is 75.5 cm³/mol. The van der Waals surface area contributed by atoms with Crippen LogP contribution in [0.5, 0.6) is 0 Å². The first kappa shape index (κ1) is 15.3. The molecule has 0 spiro atoms. The molecule has 1 fully saturated rings. The van der Waals surface area contributed by atoms with Gasteiger partial charge in [-0.2, -0.15) is 0 Å². The van der Waals surface area contributed by atoms with Gasteiger partial charge < -0.3 is 10.6 Å². The summed E-state index contributed by atoms with van der Waals surface area (Å²) in [5, 5.41) is 0. The van der Waals surface area contributed by atoms with Crippen LogP contribution in [0.4, 0.5) is 0 Å². The summed E-state index contributed by atoms with van der Waals surface area (Å²) in [6.07, 6.45) is 5.97. The zero-order valence-electron chi connectivity index (χ0n) is 11.6. The van der Waals surface area contributed by atoms with Gasteiger partial charge in [-0.25, -0.2) is 8.42 Å². The van der Waals surface area contributed by atoms with E-state index >= 15 is 0 Å². The lowest BCUT2D eigenvalue weighted by atomic mass is 10.2. The topological polar surface area (TPSA) is 75.8 Å². The van der Waals surface area contributed by atoms with Crippen molar-refractivity contribution in [3.05, 3.63) is 0 Å². The van der Waals surface area contributed by atoms with Gasteiger partial charge in [0.25, 0.3) is 0 Å². The van der Waals surface area contributed by atoms with Crippen molar-refractivity contribution in [3.8, 4) is 0 Å². The quantitative estimate of drug-likeness (QED) is 0.616. The summed E-state index contributed by atoms with van der Waals surface area (Å²) in [6.45, 7) is 5.43. The van der Waals surface area contributed by atoms with E-state index in [2.05, 4.69) is 9.89 Å². The van der Waals surface area contributed by atoms with Gasteiger partial charge in [0, 0.05) is 19.3 Å². The van der Waals surface area contributed by atoms with Crippen LogP contribution in [-0.2, 0) is 9.84 Å². The molecule has 0 radical (unpaired) electrons. The van der Waals surface area contributed by atoms with Crippen molar-refractivity contribution >= 4 is 15.8 Å². The third kappa shape index (κ3) is 4.15. The maximum absolute atomic E-state index is 11.6. The van der Waals surface area contributed by atoms with E-state index in [1.807, 2.05) is 0 Å². The molecule has 0 aromatic heterocycles. The molecule has 1 aliphatic rings. The monoisotopic (exact) mass is 275 g/mol. The zero-order valence-corrected chi connectivity index (χ0v) is 12.5. The van der Waals surface area contributed by atoms with Gasteiger partial charge >= 0.3 is 0 Å². The molecular weight excluding hydrogens is 250 g/mol. The van der Waals surface area contributed by atoms with Crippen molar-refractivity contribution < 1.29 is 8.42 Å². The maximum atomic E-state index is 11.6. The first-order chi connectivity index (χ1) is 8.24. The molecule has 0 aromatic rings. The lowest BCUT2D eigenvalue weighted by Crippen LogP contribution is -2.40. The summed E-state index contributed by atoms with van der Waals surface area (Å²) in [7, 11) is -3.12. The molecule has 0 unspecified atom stereocenters. The normalized spacial score (nSPS) is 19.7. The molecule has 0 amide bonds. The second-order valence-corrected chi connectivity index (χ2v) is 8.26. The Labute approximate surface area is 110 Å². The molecule has 1 aliphatic heterocycles. The highest BCUT2D eigenvalue weighted by Crippen LogP contribution is 2.16. The van der Waals surface area contributed by atoms with E-state index in [9.17, 15) is 8.42 Å². The highest BCUT2D eigenvalue weighted by molar-refractivity contribution is 7.92. The first-order valence-electron chi connectivity index (χ1n) is 6.48. The van der Waals surface area contributed by atoms with Crippen LogP contribution in [0.25, 0.3) is 0 Å². The van der Waals surface area contributed by atoms with Crippen LogP contribution in [0.15, 0.2) is 4.99 Å². The largest absolute Gasteiger partial charge is 0.370 e. The summed E-state index contributed by atoms with van der Waals surface area (Å²) >= 11 is 0. The summed E-state index contributed by atoms with van der Waals surface area (Å²) in [4.78, 5) is 6.33. The van der Waals surface area contributed by atoms with E-state index < -0.39 is 14.6 Å².